The Morgan fingerprint density at radius 2 is 2.30 bits per heavy atom. The van der Waals surface area contributed by atoms with Crippen molar-refractivity contribution in [1.29, 1.82) is 0 Å². The number of halogens is 1. The van der Waals surface area contributed by atoms with E-state index in [1.807, 2.05) is 18.5 Å². The van der Waals surface area contributed by atoms with Gasteiger partial charge in [-0.05, 0) is 31.9 Å². The van der Waals surface area contributed by atoms with Gasteiger partial charge in [0, 0.05) is 17.1 Å². The Balaban J connectivity index is 1.93. The maximum absolute atomic E-state index is 11.4. The predicted molar refractivity (Wildman–Crippen MR) is 83.6 cm³/mol. The van der Waals surface area contributed by atoms with Crippen molar-refractivity contribution in [3.8, 4) is 0 Å². The lowest BCUT2D eigenvalue weighted by Gasteiger charge is -2.11. The maximum Gasteiger partial charge on any atom is 0.252 e. The van der Waals surface area contributed by atoms with Crippen molar-refractivity contribution in [2.75, 3.05) is 11.9 Å². The predicted octanol–water partition coefficient (Wildman–Crippen LogP) is 3.25. The Labute approximate surface area is 127 Å². The van der Waals surface area contributed by atoms with Gasteiger partial charge < -0.3 is 11.1 Å². The van der Waals surface area contributed by atoms with Crippen molar-refractivity contribution in [3.05, 3.63) is 44.9 Å². The third kappa shape index (κ3) is 3.49. The van der Waals surface area contributed by atoms with E-state index in [4.69, 9.17) is 17.3 Å². The third-order valence-corrected chi connectivity index (χ3v) is 4.31. The molecule has 0 aliphatic heterocycles. The first-order valence-corrected chi connectivity index (χ1v) is 7.56. The van der Waals surface area contributed by atoms with E-state index in [9.17, 15) is 4.79 Å². The van der Waals surface area contributed by atoms with Crippen molar-refractivity contribution in [2.45, 2.75) is 19.8 Å². The van der Waals surface area contributed by atoms with Gasteiger partial charge in [0.05, 0.1) is 21.8 Å². The average molecular weight is 310 g/mol. The van der Waals surface area contributed by atoms with Crippen molar-refractivity contribution in [3.63, 3.8) is 0 Å². The highest BCUT2D eigenvalue weighted by Crippen LogP contribution is 2.24. The number of benzene rings is 1. The molecule has 0 unspecified atom stereocenters. The summed E-state index contributed by atoms with van der Waals surface area (Å²) in [5, 5.41) is 3.59. The first kappa shape index (κ1) is 14.8. The summed E-state index contributed by atoms with van der Waals surface area (Å²) in [6.07, 6.45) is 1.92. The van der Waals surface area contributed by atoms with Crippen LogP contribution in [0.1, 0.15) is 27.3 Å². The largest absolute Gasteiger partial charge is 0.384 e. The molecule has 1 heterocycles. The fourth-order valence-corrected chi connectivity index (χ4v) is 3.05. The van der Waals surface area contributed by atoms with E-state index in [1.54, 1.807) is 23.5 Å². The lowest BCUT2D eigenvalue weighted by Crippen LogP contribution is -2.15. The Bertz CT molecular complexity index is 612. The number of thiazole rings is 1. The normalized spacial score (nSPS) is 10.5. The van der Waals surface area contributed by atoms with Crippen molar-refractivity contribution >= 4 is 34.5 Å². The van der Waals surface area contributed by atoms with Gasteiger partial charge in [0.25, 0.3) is 5.91 Å². The van der Waals surface area contributed by atoms with Crippen LogP contribution in [0, 0.1) is 6.92 Å². The number of rotatable bonds is 6. The number of nitrogens with zero attached hydrogens (tertiary/aromatic N) is 1. The second-order valence-corrected chi connectivity index (χ2v) is 5.76. The van der Waals surface area contributed by atoms with Crippen LogP contribution in [0.25, 0.3) is 0 Å². The molecule has 0 saturated heterocycles. The molecular weight excluding hydrogens is 294 g/mol. The molecule has 1 aromatic heterocycles. The van der Waals surface area contributed by atoms with Crippen LogP contribution in [0.3, 0.4) is 0 Å². The van der Waals surface area contributed by atoms with Crippen LogP contribution in [0.5, 0.6) is 0 Å². The number of carbonyl (C=O) groups is 1. The standard InChI is InChI=1S/C14H16ClN3OS/c1-9-12(20-8-18-9)6-3-7-17-11-5-2-4-10(15)13(11)14(16)19/h2,4-5,8,17H,3,6-7H2,1H3,(H2,16,19). The number of amides is 1. The number of hydrogen-bond acceptors (Lipinski definition) is 4. The number of carbonyl (C=O) groups excluding carboxylic acids is 1. The zero-order valence-electron chi connectivity index (χ0n) is 11.1. The van der Waals surface area contributed by atoms with Gasteiger partial charge >= 0.3 is 0 Å². The molecule has 1 amide bonds. The van der Waals surface area contributed by atoms with Crippen LogP contribution < -0.4 is 11.1 Å². The van der Waals surface area contributed by atoms with Gasteiger partial charge in [0.1, 0.15) is 0 Å². The molecular formula is C14H16ClN3OS. The van der Waals surface area contributed by atoms with E-state index in [2.05, 4.69) is 10.3 Å². The molecule has 0 fully saturated rings. The minimum Gasteiger partial charge on any atom is -0.384 e. The van der Waals surface area contributed by atoms with Gasteiger partial charge in [-0.3, -0.25) is 4.79 Å². The van der Waals surface area contributed by atoms with Crippen LogP contribution >= 0.6 is 22.9 Å². The fourth-order valence-electron chi connectivity index (χ4n) is 1.96. The Morgan fingerprint density at radius 1 is 1.50 bits per heavy atom. The summed E-state index contributed by atoms with van der Waals surface area (Å²) >= 11 is 7.66. The van der Waals surface area contributed by atoms with E-state index in [0.29, 0.717) is 16.3 Å². The highest BCUT2D eigenvalue weighted by Gasteiger charge is 2.11. The molecule has 0 saturated carbocycles. The second kappa shape index (κ2) is 6.72. The molecule has 0 bridgehead atoms. The van der Waals surface area contributed by atoms with Crippen LogP contribution in [0.4, 0.5) is 5.69 Å². The molecule has 2 rings (SSSR count). The smallest absolute Gasteiger partial charge is 0.252 e. The second-order valence-electron chi connectivity index (χ2n) is 4.42. The summed E-state index contributed by atoms with van der Waals surface area (Å²) in [5.41, 5.74) is 9.34. The number of aromatic nitrogens is 1. The molecule has 3 N–H and O–H groups in total. The van der Waals surface area contributed by atoms with E-state index < -0.39 is 5.91 Å². The molecule has 0 aliphatic carbocycles. The number of nitrogens with one attached hydrogen (secondary N) is 1. The Morgan fingerprint density at radius 3 is 2.95 bits per heavy atom. The molecule has 0 spiro atoms. The van der Waals surface area contributed by atoms with Gasteiger partial charge in [-0.1, -0.05) is 17.7 Å². The Hall–Kier alpha value is -1.59. The minimum atomic E-state index is -0.517. The zero-order valence-corrected chi connectivity index (χ0v) is 12.7. The topological polar surface area (TPSA) is 68.0 Å². The molecule has 106 valence electrons. The summed E-state index contributed by atoms with van der Waals surface area (Å²) in [4.78, 5) is 16.9. The number of nitrogens with two attached hydrogens (primary N) is 1. The summed E-state index contributed by atoms with van der Waals surface area (Å²) in [6.45, 7) is 2.76. The minimum absolute atomic E-state index is 0.350. The molecule has 0 atom stereocenters. The van der Waals surface area contributed by atoms with Crippen LogP contribution in [0.2, 0.25) is 5.02 Å². The average Bonchev–Trinajstić information content (AvgIpc) is 2.80. The number of aryl methyl sites for hydroxylation is 2. The molecule has 0 radical (unpaired) electrons. The van der Waals surface area contributed by atoms with Crippen molar-refractivity contribution < 1.29 is 4.79 Å². The highest BCUT2D eigenvalue weighted by atomic mass is 35.5. The van der Waals surface area contributed by atoms with Crippen LogP contribution in [-0.4, -0.2) is 17.4 Å². The number of hydrogen-bond donors (Lipinski definition) is 2. The monoisotopic (exact) mass is 309 g/mol. The molecule has 6 heteroatoms. The lowest BCUT2D eigenvalue weighted by molar-refractivity contribution is 0.100. The van der Waals surface area contributed by atoms with E-state index in [1.165, 1.54) is 4.88 Å². The first-order chi connectivity index (χ1) is 9.59. The van der Waals surface area contributed by atoms with Gasteiger partial charge in [-0.2, -0.15) is 0 Å². The molecule has 0 aliphatic rings. The SMILES string of the molecule is Cc1ncsc1CCCNc1cccc(Cl)c1C(N)=O. The lowest BCUT2D eigenvalue weighted by atomic mass is 10.1. The van der Waals surface area contributed by atoms with Gasteiger partial charge in [0.2, 0.25) is 0 Å². The summed E-state index contributed by atoms with van der Waals surface area (Å²) in [6, 6.07) is 5.27. The molecule has 2 aromatic rings. The molecule has 4 nitrogen and oxygen atoms in total. The number of primary amides is 1. The highest BCUT2D eigenvalue weighted by molar-refractivity contribution is 7.09. The number of anilines is 1. The van der Waals surface area contributed by atoms with Gasteiger partial charge in [-0.15, -0.1) is 11.3 Å². The third-order valence-electron chi connectivity index (χ3n) is 3.00. The zero-order chi connectivity index (χ0) is 14.5. The summed E-state index contributed by atoms with van der Waals surface area (Å²) < 4.78 is 0. The molecule has 1 aromatic carbocycles. The summed E-state index contributed by atoms with van der Waals surface area (Å²) in [5.74, 6) is -0.517. The Kier molecular flexibility index (Phi) is 4.98. The van der Waals surface area contributed by atoms with Gasteiger partial charge in [0.15, 0.2) is 0 Å². The molecule has 20 heavy (non-hydrogen) atoms. The van der Waals surface area contributed by atoms with Crippen molar-refractivity contribution in [2.24, 2.45) is 5.73 Å². The first-order valence-electron chi connectivity index (χ1n) is 6.30. The fraction of sp³-hybridized carbons (Fsp3) is 0.286. The van der Waals surface area contributed by atoms with E-state index in [-0.39, 0.29) is 0 Å². The van der Waals surface area contributed by atoms with Gasteiger partial charge in [-0.25, -0.2) is 4.98 Å². The van der Waals surface area contributed by atoms with E-state index in [0.717, 1.165) is 25.1 Å². The van der Waals surface area contributed by atoms with Crippen LogP contribution in [-0.2, 0) is 6.42 Å². The quantitative estimate of drug-likeness (QED) is 0.805. The summed E-state index contributed by atoms with van der Waals surface area (Å²) in [7, 11) is 0. The van der Waals surface area contributed by atoms with Crippen molar-refractivity contribution in [1.82, 2.24) is 4.98 Å². The van der Waals surface area contributed by atoms with Crippen LogP contribution in [0.15, 0.2) is 23.7 Å². The maximum atomic E-state index is 11.4. The van der Waals surface area contributed by atoms with E-state index >= 15 is 0 Å².